The molecule has 2 heteroatoms. The van der Waals surface area contributed by atoms with Crippen molar-refractivity contribution in [1.82, 2.24) is 4.90 Å². The Balaban J connectivity index is 3.91. The molecule has 0 aliphatic rings. The number of rotatable bonds is 10. The summed E-state index contributed by atoms with van der Waals surface area (Å²) < 4.78 is 4.91. The third-order valence-electron chi connectivity index (χ3n) is 3.75. The molecule has 0 unspecified atom stereocenters. The molecule has 17 heavy (non-hydrogen) atoms. The first kappa shape index (κ1) is 17.8. The average Bonchev–Trinajstić information content (AvgIpc) is 2.23. The van der Waals surface area contributed by atoms with Gasteiger partial charge < -0.3 is 0 Å². The fraction of sp³-hybridized carbons (Fsp3) is 1.00. The van der Waals surface area contributed by atoms with Crippen LogP contribution in [-0.4, -0.2) is 45.0 Å². The maximum absolute atomic E-state index is 2.65. The summed E-state index contributed by atoms with van der Waals surface area (Å²) in [5.41, 5.74) is 0. The molecule has 0 aromatic carbocycles. The summed E-state index contributed by atoms with van der Waals surface area (Å²) >= 11 is -1.08. The van der Waals surface area contributed by atoms with Crippen LogP contribution in [0.3, 0.4) is 0 Å². The third-order valence-corrected chi connectivity index (χ3v) is 15.2. The molecule has 0 aliphatic heterocycles. The van der Waals surface area contributed by atoms with E-state index < -0.39 is 21.4 Å². The Bertz CT molecular complexity index is 154. The molecule has 0 fully saturated rings. The molecule has 0 aliphatic carbocycles. The van der Waals surface area contributed by atoms with Crippen molar-refractivity contribution in [2.24, 2.45) is 0 Å². The second kappa shape index (κ2) is 10.7. The molecule has 0 aromatic heterocycles. The Labute approximate surface area is 118 Å². The number of nitrogens with zero attached hydrogens (tertiary/aromatic N) is 1. The van der Waals surface area contributed by atoms with Crippen molar-refractivity contribution in [3.63, 3.8) is 0 Å². The SMILES string of the molecule is CC[CH2][In]([CH2]CC)[CH2]CCN(C(C)C)C(C)C. The van der Waals surface area contributed by atoms with Gasteiger partial charge in [0.05, 0.1) is 0 Å². The van der Waals surface area contributed by atoms with Crippen LogP contribution in [0.2, 0.25) is 12.5 Å². The van der Waals surface area contributed by atoms with Gasteiger partial charge >= 0.3 is 118 Å². The Hall–Kier alpha value is 0.830. The third kappa shape index (κ3) is 8.53. The van der Waals surface area contributed by atoms with E-state index in [9.17, 15) is 0 Å². The van der Waals surface area contributed by atoms with Crippen LogP contribution in [0.4, 0.5) is 0 Å². The van der Waals surface area contributed by atoms with Gasteiger partial charge in [-0.1, -0.05) is 0 Å². The minimum atomic E-state index is -1.08. The molecule has 0 atom stereocenters. The van der Waals surface area contributed by atoms with Gasteiger partial charge in [-0.25, -0.2) is 0 Å². The van der Waals surface area contributed by atoms with Crippen LogP contribution in [0.15, 0.2) is 0 Å². The van der Waals surface area contributed by atoms with Crippen molar-refractivity contribution < 1.29 is 0 Å². The van der Waals surface area contributed by atoms with Crippen LogP contribution >= 0.6 is 0 Å². The average molecular weight is 343 g/mol. The first-order valence-electron chi connectivity index (χ1n) is 7.78. The molecule has 0 aromatic rings. The Morgan fingerprint density at radius 2 is 1.29 bits per heavy atom. The zero-order chi connectivity index (χ0) is 13.3. The van der Waals surface area contributed by atoms with Crippen LogP contribution in [-0.2, 0) is 0 Å². The van der Waals surface area contributed by atoms with E-state index in [4.69, 9.17) is 0 Å². The van der Waals surface area contributed by atoms with Crippen LogP contribution < -0.4 is 0 Å². The van der Waals surface area contributed by atoms with Crippen molar-refractivity contribution in [2.75, 3.05) is 6.54 Å². The second-order valence-electron chi connectivity index (χ2n) is 6.01. The normalized spacial score (nSPS) is 11.8. The van der Waals surface area contributed by atoms with Gasteiger partial charge in [-0.3, -0.25) is 0 Å². The van der Waals surface area contributed by atoms with Gasteiger partial charge in [0, 0.05) is 0 Å². The van der Waals surface area contributed by atoms with Crippen LogP contribution in [0.1, 0.15) is 60.8 Å². The Kier molecular flexibility index (Phi) is 11.2. The fourth-order valence-electron chi connectivity index (χ4n) is 2.92. The van der Waals surface area contributed by atoms with Crippen LogP contribution in [0.5, 0.6) is 0 Å². The van der Waals surface area contributed by atoms with Gasteiger partial charge in [-0.05, 0) is 0 Å². The zero-order valence-corrected chi connectivity index (χ0v) is 16.4. The quantitative estimate of drug-likeness (QED) is 0.550. The van der Waals surface area contributed by atoms with E-state index in [-0.39, 0.29) is 0 Å². The molecule has 0 heterocycles. The van der Waals surface area contributed by atoms with Crippen LogP contribution in [0, 0.1) is 0 Å². The minimum absolute atomic E-state index is 0.709. The van der Waals surface area contributed by atoms with Crippen molar-refractivity contribution in [3.8, 4) is 0 Å². The molecular weight excluding hydrogens is 309 g/mol. The summed E-state index contributed by atoms with van der Waals surface area (Å²) in [4.78, 5) is 2.65. The molecule has 0 rings (SSSR count). The van der Waals surface area contributed by atoms with Gasteiger partial charge in [-0.15, -0.1) is 0 Å². The molecule has 0 amide bonds. The van der Waals surface area contributed by atoms with Crippen molar-refractivity contribution in [2.45, 2.75) is 85.4 Å². The van der Waals surface area contributed by atoms with Gasteiger partial charge in [0.2, 0.25) is 0 Å². The summed E-state index contributed by atoms with van der Waals surface area (Å²) in [6, 6.07) is 1.42. The molecule has 1 nitrogen and oxygen atoms in total. The number of hydrogen-bond acceptors (Lipinski definition) is 1. The van der Waals surface area contributed by atoms with Gasteiger partial charge in [0.15, 0.2) is 0 Å². The number of hydrogen-bond donors (Lipinski definition) is 0. The maximum atomic E-state index is 2.65. The molecule has 0 bridgehead atoms. The molecule has 0 saturated heterocycles. The summed E-state index contributed by atoms with van der Waals surface area (Å²) in [6.45, 7) is 15.4. The summed E-state index contributed by atoms with van der Waals surface area (Å²) in [7, 11) is 0. The van der Waals surface area contributed by atoms with Crippen molar-refractivity contribution >= 4 is 21.4 Å². The molecule has 0 radical (unpaired) electrons. The first-order valence-corrected chi connectivity index (χ1v) is 14.8. The molecule has 102 valence electrons. The molecule has 0 spiro atoms. The predicted molar refractivity (Wildman–Crippen MR) is 82.4 cm³/mol. The fourth-order valence-corrected chi connectivity index (χ4v) is 12.2. The Morgan fingerprint density at radius 1 is 0.824 bits per heavy atom. The zero-order valence-electron chi connectivity index (χ0n) is 13.1. The van der Waals surface area contributed by atoms with Crippen LogP contribution in [0.25, 0.3) is 0 Å². The summed E-state index contributed by atoms with van der Waals surface area (Å²) in [5.74, 6) is 0. The van der Waals surface area contributed by atoms with Gasteiger partial charge in [0.1, 0.15) is 0 Å². The second-order valence-corrected chi connectivity index (χ2v) is 15.9. The standard InChI is InChI=1S/C9H20N.2C3H7.In/c1-6-7-10(8(2)3)9(4)5;2*1-3-2;/h8-9H,1,6-7H2,2-5H3;2*1,3H2,2H3;. The van der Waals surface area contributed by atoms with E-state index >= 15 is 0 Å². The van der Waals surface area contributed by atoms with Gasteiger partial charge in [-0.2, -0.15) is 0 Å². The van der Waals surface area contributed by atoms with E-state index in [0.717, 1.165) is 0 Å². The van der Waals surface area contributed by atoms with Crippen molar-refractivity contribution in [1.29, 1.82) is 0 Å². The van der Waals surface area contributed by atoms with E-state index in [1.54, 1.807) is 12.5 Å². The monoisotopic (exact) mass is 343 g/mol. The predicted octanol–water partition coefficient (Wildman–Crippen LogP) is 4.81. The topological polar surface area (TPSA) is 3.24 Å². The molecular formula is C15H34InN. The van der Waals surface area contributed by atoms with Gasteiger partial charge in [0.25, 0.3) is 0 Å². The van der Waals surface area contributed by atoms with E-state index in [1.807, 2.05) is 0 Å². The molecule has 0 N–H and O–H groups in total. The van der Waals surface area contributed by atoms with E-state index in [1.165, 1.54) is 25.8 Å². The van der Waals surface area contributed by atoms with Crippen molar-refractivity contribution in [3.05, 3.63) is 0 Å². The van der Waals surface area contributed by atoms with E-state index in [2.05, 4.69) is 46.4 Å². The van der Waals surface area contributed by atoms with E-state index in [0.29, 0.717) is 12.1 Å². The summed E-state index contributed by atoms with van der Waals surface area (Å²) in [5, 5.41) is 0. The summed E-state index contributed by atoms with van der Waals surface area (Å²) in [6.07, 6.45) is 4.36. The Morgan fingerprint density at radius 3 is 1.65 bits per heavy atom. The first-order chi connectivity index (χ1) is 8.02. The molecule has 0 saturated carbocycles.